The molecular weight excluding hydrogens is 461 g/mol. The third-order valence-electron chi connectivity index (χ3n) is 5.66. The van der Waals surface area contributed by atoms with E-state index < -0.39 is 29.3 Å². The molecule has 4 aromatic rings. The lowest BCUT2D eigenvalue weighted by atomic mass is 9.94. The number of anilines is 1. The topological polar surface area (TPSA) is 80.0 Å². The van der Waals surface area contributed by atoms with E-state index in [0.29, 0.717) is 33.0 Å². The fourth-order valence-corrected chi connectivity index (χ4v) is 4.35. The molecule has 0 fully saturated rings. The van der Waals surface area contributed by atoms with Crippen LogP contribution in [0.1, 0.15) is 22.2 Å². The first kappa shape index (κ1) is 21.7. The molecule has 170 valence electrons. The number of para-hydroxylation sites is 1. The number of hydrogen-bond donors (Lipinski definition) is 1. The summed E-state index contributed by atoms with van der Waals surface area (Å²) in [5, 5.41) is 11.7. The van der Waals surface area contributed by atoms with Crippen molar-refractivity contribution >= 4 is 39.9 Å². The van der Waals surface area contributed by atoms with Crippen molar-refractivity contribution in [1.82, 2.24) is 0 Å². The van der Waals surface area contributed by atoms with Crippen molar-refractivity contribution in [2.45, 2.75) is 6.04 Å². The van der Waals surface area contributed by atoms with E-state index in [4.69, 9.17) is 20.8 Å². The van der Waals surface area contributed by atoms with E-state index in [1.807, 2.05) is 0 Å². The number of methoxy groups -OCH3 is 1. The second-order valence-corrected chi connectivity index (χ2v) is 8.13. The Morgan fingerprint density at radius 3 is 2.47 bits per heavy atom. The lowest BCUT2D eigenvalue weighted by Gasteiger charge is -2.26. The third kappa shape index (κ3) is 3.50. The van der Waals surface area contributed by atoms with Crippen LogP contribution in [0.3, 0.4) is 0 Å². The van der Waals surface area contributed by atoms with Gasteiger partial charge in [-0.2, -0.15) is 0 Å². The molecule has 1 N–H and O–H groups in total. The first-order valence-electron chi connectivity index (χ1n) is 10.3. The summed E-state index contributed by atoms with van der Waals surface area (Å²) in [6.07, 6.45) is 0. The van der Waals surface area contributed by atoms with Gasteiger partial charge in [-0.3, -0.25) is 14.5 Å². The van der Waals surface area contributed by atoms with Crippen LogP contribution < -0.4 is 9.64 Å². The molecular formula is C26H17ClFNO5. The second-order valence-electron chi connectivity index (χ2n) is 7.69. The van der Waals surface area contributed by atoms with Crippen molar-refractivity contribution < 1.29 is 28.2 Å². The average molecular weight is 478 g/mol. The van der Waals surface area contributed by atoms with Crippen LogP contribution in [0.15, 0.2) is 88.5 Å². The number of ether oxygens (including phenoxy) is 1. The first-order valence-corrected chi connectivity index (χ1v) is 10.7. The number of fused-ring (bicyclic) bond motifs is 1. The zero-order valence-corrected chi connectivity index (χ0v) is 18.5. The van der Waals surface area contributed by atoms with Gasteiger partial charge >= 0.3 is 0 Å². The predicted octanol–water partition coefficient (Wildman–Crippen LogP) is 6.02. The SMILES string of the molecule is COc1cc(Cl)cc2cc(C(=O)C3=C(O)C(=O)N(c4ccccc4)C3c3ccc(F)cc3)oc12. The Kier molecular flexibility index (Phi) is 5.34. The van der Waals surface area contributed by atoms with Gasteiger partial charge in [-0.05, 0) is 42.0 Å². The number of hydrogen-bond acceptors (Lipinski definition) is 5. The van der Waals surface area contributed by atoms with Crippen molar-refractivity contribution in [2.75, 3.05) is 12.0 Å². The van der Waals surface area contributed by atoms with Crippen molar-refractivity contribution in [3.8, 4) is 5.75 Å². The second kappa shape index (κ2) is 8.35. The number of nitrogens with zero attached hydrogens (tertiary/aromatic N) is 1. The third-order valence-corrected chi connectivity index (χ3v) is 5.88. The van der Waals surface area contributed by atoms with Gasteiger partial charge in [0, 0.05) is 22.2 Å². The molecule has 5 rings (SSSR count). The van der Waals surface area contributed by atoms with Crippen LogP contribution in [-0.4, -0.2) is 23.9 Å². The molecule has 1 atom stereocenters. The summed E-state index contributed by atoms with van der Waals surface area (Å²) in [6.45, 7) is 0. The number of carbonyl (C=O) groups is 2. The van der Waals surface area contributed by atoms with Gasteiger partial charge in [0.15, 0.2) is 22.9 Å². The van der Waals surface area contributed by atoms with E-state index in [1.54, 1.807) is 42.5 Å². The van der Waals surface area contributed by atoms with Gasteiger partial charge in [0.25, 0.3) is 5.91 Å². The zero-order chi connectivity index (χ0) is 24.0. The van der Waals surface area contributed by atoms with Gasteiger partial charge in [-0.15, -0.1) is 0 Å². The fraction of sp³-hybridized carbons (Fsp3) is 0.0769. The van der Waals surface area contributed by atoms with Crippen LogP contribution in [0.5, 0.6) is 5.75 Å². The average Bonchev–Trinajstić information content (AvgIpc) is 3.38. The highest BCUT2D eigenvalue weighted by Crippen LogP contribution is 2.43. The smallest absolute Gasteiger partial charge is 0.294 e. The van der Waals surface area contributed by atoms with Crippen molar-refractivity contribution in [3.05, 3.63) is 106 Å². The summed E-state index contributed by atoms with van der Waals surface area (Å²) in [5.41, 5.74) is 1.04. The predicted molar refractivity (Wildman–Crippen MR) is 125 cm³/mol. The van der Waals surface area contributed by atoms with Gasteiger partial charge in [-0.1, -0.05) is 41.9 Å². The molecule has 34 heavy (non-hydrogen) atoms. The molecule has 0 aliphatic carbocycles. The highest BCUT2D eigenvalue weighted by molar-refractivity contribution is 6.31. The number of ketones is 1. The summed E-state index contributed by atoms with van der Waals surface area (Å²) in [5.74, 6) is -2.38. The number of aliphatic hydroxyl groups excluding tert-OH is 1. The summed E-state index contributed by atoms with van der Waals surface area (Å²) >= 11 is 6.13. The van der Waals surface area contributed by atoms with E-state index in [2.05, 4.69) is 0 Å². The highest BCUT2D eigenvalue weighted by atomic mass is 35.5. The molecule has 6 nitrogen and oxygen atoms in total. The van der Waals surface area contributed by atoms with E-state index in [-0.39, 0.29) is 11.3 Å². The lowest BCUT2D eigenvalue weighted by molar-refractivity contribution is -0.117. The normalized spacial score (nSPS) is 15.9. The Morgan fingerprint density at radius 2 is 1.79 bits per heavy atom. The van der Waals surface area contributed by atoms with Crippen molar-refractivity contribution in [1.29, 1.82) is 0 Å². The molecule has 1 unspecified atom stereocenters. The molecule has 1 aromatic heterocycles. The molecule has 8 heteroatoms. The molecule has 1 aliphatic rings. The Balaban J connectivity index is 1.66. The molecule has 2 heterocycles. The number of furan rings is 1. The van der Waals surface area contributed by atoms with Crippen LogP contribution in [0.25, 0.3) is 11.0 Å². The maximum Gasteiger partial charge on any atom is 0.294 e. The number of aliphatic hydroxyl groups is 1. The number of benzene rings is 3. The molecule has 1 amide bonds. The molecule has 0 spiro atoms. The Labute approximate surface area is 198 Å². The molecule has 1 aliphatic heterocycles. The highest BCUT2D eigenvalue weighted by Gasteiger charge is 2.45. The number of rotatable bonds is 5. The van der Waals surface area contributed by atoms with Gasteiger partial charge in [0.05, 0.1) is 18.7 Å². The lowest BCUT2D eigenvalue weighted by Crippen LogP contribution is -2.31. The Bertz CT molecular complexity index is 1460. The Morgan fingerprint density at radius 1 is 1.09 bits per heavy atom. The number of Topliss-reactive ketones (excluding diaryl/α,β-unsaturated/α-hetero) is 1. The summed E-state index contributed by atoms with van der Waals surface area (Å²) in [6, 6.07) is 17.7. The van der Waals surface area contributed by atoms with Crippen LogP contribution in [0.2, 0.25) is 5.02 Å². The van der Waals surface area contributed by atoms with Crippen LogP contribution >= 0.6 is 11.6 Å². The largest absolute Gasteiger partial charge is 0.503 e. The van der Waals surface area contributed by atoms with Crippen molar-refractivity contribution in [2.24, 2.45) is 0 Å². The maximum absolute atomic E-state index is 13.6. The molecule has 0 bridgehead atoms. The quantitative estimate of drug-likeness (QED) is 0.356. The molecule has 3 aromatic carbocycles. The molecule has 0 radical (unpaired) electrons. The fourth-order valence-electron chi connectivity index (χ4n) is 4.13. The minimum atomic E-state index is -0.998. The van der Waals surface area contributed by atoms with E-state index in [9.17, 15) is 19.1 Å². The summed E-state index contributed by atoms with van der Waals surface area (Å²) in [7, 11) is 1.45. The summed E-state index contributed by atoms with van der Waals surface area (Å²) < 4.78 is 24.7. The van der Waals surface area contributed by atoms with Gasteiger partial charge in [0.1, 0.15) is 5.82 Å². The number of carbonyl (C=O) groups excluding carboxylic acids is 2. The maximum atomic E-state index is 13.6. The standard InChI is InChI=1S/C26H17ClFNO5/c1-33-20-13-16(27)11-15-12-19(34-25(15)20)23(30)21-22(14-7-9-17(28)10-8-14)29(26(32)24(21)31)18-5-3-2-4-6-18/h2-13,22,31H,1H3. The number of amides is 1. The van der Waals surface area contributed by atoms with Crippen LogP contribution in [-0.2, 0) is 4.79 Å². The monoisotopic (exact) mass is 477 g/mol. The van der Waals surface area contributed by atoms with E-state index in [0.717, 1.165) is 0 Å². The Hall–Kier alpha value is -4.10. The first-order chi connectivity index (χ1) is 16.4. The van der Waals surface area contributed by atoms with Crippen molar-refractivity contribution in [3.63, 3.8) is 0 Å². The molecule has 0 saturated heterocycles. The minimum absolute atomic E-state index is 0.105. The number of halogens is 2. The molecule has 0 saturated carbocycles. The van der Waals surface area contributed by atoms with Gasteiger partial charge < -0.3 is 14.3 Å². The zero-order valence-electron chi connectivity index (χ0n) is 17.8. The minimum Gasteiger partial charge on any atom is -0.503 e. The summed E-state index contributed by atoms with van der Waals surface area (Å²) in [4.78, 5) is 28.1. The van der Waals surface area contributed by atoms with Crippen LogP contribution in [0, 0.1) is 5.82 Å². The van der Waals surface area contributed by atoms with Gasteiger partial charge in [0.2, 0.25) is 5.78 Å². The van der Waals surface area contributed by atoms with Crippen LogP contribution in [0.4, 0.5) is 10.1 Å². The van der Waals surface area contributed by atoms with Gasteiger partial charge in [-0.25, -0.2) is 4.39 Å². The van der Waals surface area contributed by atoms with E-state index in [1.165, 1.54) is 42.3 Å². The van der Waals surface area contributed by atoms with E-state index >= 15 is 0 Å².